The Balaban J connectivity index is 1.66. The number of benzene rings is 1. The van der Waals surface area contributed by atoms with Gasteiger partial charge in [-0.15, -0.1) is 0 Å². The summed E-state index contributed by atoms with van der Waals surface area (Å²) in [6.45, 7) is 3.42. The van der Waals surface area contributed by atoms with Gasteiger partial charge < -0.3 is 24.4 Å². The Hall–Kier alpha value is -4.22. The predicted octanol–water partition coefficient (Wildman–Crippen LogP) is 0.367. The molecule has 5 rings (SSSR count). The van der Waals surface area contributed by atoms with E-state index in [0.29, 0.717) is 31.7 Å². The van der Waals surface area contributed by atoms with Crippen molar-refractivity contribution in [1.29, 1.82) is 0 Å². The molecule has 0 bridgehead atoms. The summed E-state index contributed by atoms with van der Waals surface area (Å²) in [6, 6.07) is 5.56. The van der Waals surface area contributed by atoms with Gasteiger partial charge in [0.25, 0.3) is 11.5 Å². The molecular formula is C24H25FN6O5. The van der Waals surface area contributed by atoms with Gasteiger partial charge in [-0.1, -0.05) is 12.1 Å². The number of carbonyl (C=O) groups is 3. The summed E-state index contributed by atoms with van der Waals surface area (Å²) < 4.78 is 16.1. The highest BCUT2D eigenvalue weighted by molar-refractivity contribution is 6.35. The van der Waals surface area contributed by atoms with Crippen LogP contribution in [0.1, 0.15) is 28.7 Å². The van der Waals surface area contributed by atoms with Crippen molar-refractivity contribution in [2.24, 2.45) is 0 Å². The van der Waals surface area contributed by atoms with Gasteiger partial charge in [-0.25, -0.2) is 9.07 Å². The molecule has 0 unspecified atom stereocenters. The van der Waals surface area contributed by atoms with E-state index in [2.05, 4.69) is 5.10 Å². The molecule has 4 heterocycles. The number of hydrogen-bond donors (Lipinski definition) is 1. The van der Waals surface area contributed by atoms with Gasteiger partial charge in [0.05, 0.1) is 18.6 Å². The lowest BCUT2D eigenvalue weighted by molar-refractivity contribution is -0.156. The normalized spacial score (nSPS) is 16.3. The van der Waals surface area contributed by atoms with Crippen LogP contribution in [0.3, 0.4) is 0 Å². The molecule has 2 aromatic heterocycles. The molecule has 2 aliphatic heterocycles. The number of amides is 3. The highest BCUT2D eigenvalue weighted by Gasteiger charge is 2.35. The van der Waals surface area contributed by atoms with Crippen LogP contribution in [0.15, 0.2) is 29.1 Å². The average molecular weight is 496 g/mol. The van der Waals surface area contributed by atoms with Gasteiger partial charge in [-0.2, -0.15) is 5.10 Å². The smallest absolute Gasteiger partial charge is 0.312 e. The lowest BCUT2D eigenvalue weighted by Gasteiger charge is -2.33. The SMILES string of the molecule is CCN1CCN(Cc2nn(Cc3ccc(F)cc3)c(=O)c3c(O)c4n(c23)CCN(C)C4=O)C(=O)C1=O. The first-order valence-electron chi connectivity index (χ1n) is 11.6. The van der Waals surface area contributed by atoms with E-state index in [1.165, 1.54) is 39.0 Å². The molecule has 3 amide bonds. The monoisotopic (exact) mass is 496 g/mol. The van der Waals surface area contributed by atoms with E-state index >= 15 is 0 Å². The molecule has 188 valence electrons. The van der Waals surface area contributed by atoms with Crippen LogP contribution in [0, 0.1) is 5.82 Å². The number of piperazine rings is 1. The Morgan fingerprint density at radius 2 is 1.58 bits per heavy atom. The van der Waals surface area contributed by atoms with Crippen LogP contribution in [-0.2, 0) is 29.2 Å². The second kappa shape index (κ2) is 8.77. The van der Waals surface area contributed by atoms with E-state index in [1.54, 1.807) is 18.5 Å². The maximum Gasteiger partial charge on any atom is 0.312 e. The van der Waals surface area contributed by atoms with Crippen LogP contribution >= 0.6 is 0 Å². The Labute approximate surface area is 204 Å². The Morgan fingerprint density at radius 3 is 2.28 bits per heavy atom. The Morgan fingerprint density at radius 1 is 0.917 bits per heavy atom. The first-order valence-corrected chi connectivity index (χ1v) is 11.6. The maximum atomic E-state index is 13.5. The summed E-state index contributed by atoms with van der Waals surface area (Å²) >= 11 is 0. The van der Waals surface area contributed by atoms with Gasteiger partial charge >= 0.3 is 11.8 Å². The van der Waals surface area contributed by atoms with Crippen molar-refractivity contribution in [3.8, 4) is 5.75 Å². The Kier molecular flexibility index (Phi) is 5.73. The quantitative estimate of drug-likeness (QED) is 0.510. The van der Waals surface area contributed by atoms with E-state index in [1.807, 2.05) is 0 Å². The van der Waals surface area contributed by atoms with Gasteiger partial charge in [0.15, 0.2) is 11.4 Å². The van der Waals surface area contributed by atoms with Crippen molar-refractivity contribution < 1.29 is 23.9 Å². The third-order valence-electron chi connectivity index (χ3n) is 6.77. The molecule has 36 heavy (non-hydrogen) atoms. The van der Waals surface area contributed by atoms with Crippen LogP contribution in [0.25, 0.3) is 10.9 Å². The highest BCUT2D eigenvalue weighted by Crippen LogP contribution is 2.34. The van der Waals surface area contributed by atoms with Crippen molar-refractivity contribution in [2.45, 2.75) is 26.6 Å². The second-order valence-corrected chi connectivity index (χ2v) is 8.95. The van der Waals surface area contributed by atoms with Crippen LogP contribution < -0.4 is 5.56 Å². The van der Waals surface area contributed by atoms with E-state index in [9.17, 15) is 28.7 Å². The predicted molar refractivity (Wildman–Crippen MR) is 126 cm³/mol. The molecule has 2 aliphatic rings. The summed E-state index contributed by atoms with van der Waals surface area (Å²) in [5.74, 6) is -2.60. The number of rotatable bonds is 5. The summed E-state index contributed by atoms with van der Waals surface area (Å²) in [6.07, 6.45) is 0. The number of halogens is 1. The minimum Gasteiger partial charge on any atom is -0.505 e. The van der Waals surface area contributed by atoms with Crippen LogP contribution in [0.2, 0.25) is 0 Å². The third-order valence-corrected chi connectivity index (χ3v) is 6.77. The molecule has 0 aliphatic carbocycles. The number of carbonyl (C=O) groups excluding carboxylic acids is 3. The Bertz CT molecular complexity index is 1460. The first-order chi connectivity index (χ1) is 17.2. The number of aromatic hydroxyl groups is 1. The third kappa shape index (κ3) is 3.69. The van der Waals surface area contributed by atoms with Crippen LogP contribution in [0.5, 0.6) is 5.75 Å². The van der Waals surface area contributed by atoms with Gasteiger partial charge in [-0.05, 0) is 24.6 Å². The number of aromatic nitrogens is 3. The molecule has 1 fully saturated rings. The van der Waals surface area contributed by atoms with Gasteiger partial charge in [0.1, 0.15) is 16.9 Å². The zero-order chi connectivity index (χ0) is 25.7. The molecule has 1 aromatic carbocycles. The average Bonchev–Trinajstić information content (AvgIpc) is 3.17. The molecule has 0 radical (unpaired) electrons. The van der Waals surface area contributed by atoms with Crippen molar-refractivity contribution in [3.63, 3.8) is 0 Å². The minimum absolute atomic E-state index is 0.0170. The minimum atomic E-state index is -0.681. The van der Waals surface area contributed by atoms with Crippen molar-refractivity contribution in [1.82, 2.24) is 29.0 Å². The first kappa shape index (κ1) is 23.5. The fourth-order valence-corrected chi connectivity index (χ4v) is 4.77. The second-order valence-electron chi connectivity index (χ2n) is 8.95. The summed E-state index contributed by atoms with van der Waals surface area (Å²) in [7, 11) is 1.60. The molecule has 11 nitrogen and oxygen atoms in total. The lowest BCUT2D eigenvalue weighted by Crippen LogP contribution is -2.53. The molecule has 1 N–H and O–H groups in total. The van der Waals surface area contributed by atoms with E-state index in [4.69, 9.17) is 0 Å². The fourth-order valence-electron chi connectivity index (χ4n) is 4.77. The largest absolute Gasteiger partial charge is 0.505 e. The zero-order valence-corrected chi connectivity index (χ0v) is 19.9. The van der Waals surface area contributed by atoms with E-state index in [-0.39, 0.29) is 41.9 Å². The molecule has 12 heteroatoms. The lowest BCUT2D eigenvalue weighted by atomic mass is 10.2. The van der Waals surface area contributed by atoms with Gasteiger partial charge in [0.2, 0.25) is 0 Å². The number of hydrogen-bond acceptors (Lipinski definition) is 6. The molecule has 1 saturated heterocycles. The van der Waals surface area contributed by atoms with Gasteiger partial charge in [-0.3, -0.25) is 19.2 Å². The fraction of sp³-hybridized carbons (Fsp3) is 0.375. The van der Waals surface area contributed by atoms with Crippen molar-refractivity contribution in [3.05, 3.63) is 57.4 Å². The van der Waals surface area contributed by atoms with E-state index < -0.39 is 34.8 Å². The van der Waals surface area contributed by atoms with E-state index in [0.717, 1.165) is 4.68 Å². The van der Waals surface area contributed by atoms with Crippen molar-refractivity contribution >= 4 is 28.6 Å². The summed E-state index contributed by atoms with van der Waals surface area (Å²) in [5, 5.41) is 15.5. The highest BCUT2D eigenvalue weighted by atomic mass is 19.1. The molecule has 0 spiro atoms. The standard InChI is InChI=1S/C24H25FN6O5/c1-3-28-9-10-29(24(36)23(28)35)13-16-18-17(20(32)19-22(34)27(2)8-11-30(18)19)21(33)31(26-16)12-14-4-6-15(25)7-5-14/h4-7,32H,3,8-13H2,1-2H3. The number of likely N-dealkylation sites (N-methyl/N-ethyl adjacent to an activating group) is 2. The summed E-state index contributed by atoms with van der Waals surface area (Å²) in [4.78, 5) is 55.8. The van der Waals surface area contributed by atoms with Crippen molar-refractivity contribution in [2.75, 3.05) is 33.2 Å². The van der Waals surface area contributed by atoms with Crippen LogP contribution in [-0.4, -0.2) is 85.1 Å². The maximum absolute atomic E-state index is 13.5. The summed E-state index contributed by atoms with van der Waals surface area (Å²) in [5.41, 5.74) is 0.500. The molecular weight excluding hydrogens is 471 g/mol. The van der Waals surface area contributed by atoms with Gasteiger partial charge in [0, 0.05) is 39.8 Å². The molecule has 0 atom stereocenters. The molecule has 0 saturated carbocycles. The zero-order valence-electron chi connectivity index (χ0n) is 19.9. The van der Waals surface area contributed by atoms with Crippen LogP contribution in [0.4, 0.5) is 4.39 Å². The molecule has 3 aromatic rings. The number of nitrogens with zero attached hydrogens (tertiary/aromatic N) is 6. The number of fused-ring (bicyclic) bond motifs is 3. The topological polar surface area (TPSA) is 121 Å².